The zero-order valence-electron chi connectivity index (χ0n) is 14.0. The van der Waals surface area contributed by atoms with Gasteiger partial charge in [-0.1, -0.05) is 53.7 Å². The van der Waals surface area contributed by atoms with Crippen molar-refractivity contribution in [3.63, 3.8) is 0 Å². The number of aliphatic hydroxyl groups excluding tert-OH is 1. The first kappa shape index (κ1) is 15.1. The quantitative estimate of drug-likeness (QED) is 0.616. The van der Waals surface area contributed by atoms with E-state index < -0.39 is 6.10 Å². The maximum absolute atomic E-state index is 10.5. The van der Waals surface area contributed by atoms with E-state index in [0.717, 1.165) is 33.7 Å². The van der Waals surface area contributed by atoms with Crippen molar-refractivity contribution in [1.82, 2.24) is 15.0 Å². The average Bonchev–Trinajstić information content (AvgIpc) is 3.40. The third-order valence-corrected chi connectivity index (χ3v) is 4.95. The Kier molecular flexibility index (Phi) is 3.47. The van der Waals surface area contributed by atoms with Gasteiger partial charge in [-0.15, -0.1) is 5.10 Å². The monoisotopic (exact) mass is 343 g/mol. The zero-order valence-corrected chi connectivity index (χ0v) is 14.0. The Hall–Kier alpha value is -3.18. The van der Waals surface area contributed by atoms with Crippen LogP contribution in [0.4, 0.5) is 0 Å². The number of rotatable bonds is 3. The van der Waals surface area contributed by atoms with E-state index in [1.807, 2.05) is 60.8 Å². The second-order valence-corrected chi connectivity index (χ2v) is 6.52. The van der Waals surface area contributed by atoms with Crippen LogP contribution in [0.3, 0.4) is 0 Å². The number of benzene rings is 2. The highest BCUT2D eigenvalue weighted by molar-refractivity contribution is 5.78. The van der Waals surface area contributed by atoms with Crippen LogP contribution in [0.25, 0.3) is 22.6 Å². The highest BCUT2D eigenvalue weighted by Crippen LogP contribution is 2.36. The molecule has 0 saturated heterocycles. The fourth-order valence-corrected chi connectivity index (χ4v) is 3.76. The van der Waals surface area contributed by atoms with Crippen molar-refractivity contribution >= 4 is 0 Å². The summed E-state index contributed by atoms with van der Waals surface area (Å²) < 4.78 is 7.33. The van der Waals surface area contributed by atoms with Crippen molar-refractivity contribution in [2.45, 2.75) is 18.6 Å². The van der Waals surface area contributed by atoms with Crippen molar-refractivity contribution in [3.8, 4) is 22.6 Å². The first-order valence-corrected chi connectivity index (χ1v) is 8.62. The lowest BCUT2D eigenvalue weighted by molar-refractivity contribution is 0.137. The van der Waals surface area contributed by atoms with Gasteiger partial charge in [-0.25, -0.2) is 4.68 Å². The first-order chi connectivity index (χ1) is 12.8. The van der Waals surface area contributed by atoms with Crippen LogP contribution >= 0.6 is 0 Å². The number of aromatic nitrogens is 3. The van der Waals surface area contributed by atoms with Gasteiger partial charge in [-0.05, 0) is 23.3 Å². The van der Waals surface area contributed by atoms with Crippen molar-refractivity contribution in [2.75, 3.05) is 0 Å². The van der Waals surface area contributed by atoms with E-state index in [2.05, 4.69) is 16.4 Å². The molecule has 0 spiro atoms. The van der Waals surface area contributed by atoms with Gasteiger partial charge >= 0.3 is 0 Å². The summed E-state index contributed by atoms with van der Waals surface area (Å²) in [5, 5.41) is 19.2. The number of hydrogen-bond acceptors (Lipinski definition) is 4. The Balaban J connectivity index is 1.57. The Bertz CT molecular complexity index is 1050. The fourth-order valence-electron chi connectivity index (χ4n) is 3.76. The first-order valence-electron chi connectivity index (χ1n) is 8.62. The van der Waals surface area contributed by atoms with Crippen molar-refractivity contribution in [3.05, 3.63) is 84.3 Å². The third-order valence-electron chi connectivity index (χ3n) is 4.95. The highest BCUT2D eigenvalue weighted by Gasteiger charge is 2.33. The number of furan rings is 1. The van der Waals surface area contributed by atoms with Crippen molar-refractivity contribution in [2.24, 2.45) is 0 Å². The SMILES string of the molecule is O[C@H]1Cc2ccccc2[C@H]1n1cc(-c2ccccc2-c2ccco2)nn1. The van der Waals surface area contributed by atoms with Gasteiger partial charge in [0.15, 0.2) is 0 Å². The minimum atomic E-state index is -0.498. The van der Waals surface area contributed by atoms with Gasteiger partial charge in [0.25, 0.3) is 0 Å². The Morgan fingerprint density at radius 1 is 0.962 bits per heavy atom. The van der Waals surface area contributed by atoms with Gasteiger partial charge in [-0.3, -0.25) is 0 Å². The molecule has 0 fully saturated rings. The summed E-state index contributed by atoms with van der Waals surface area (Å²) in [5.41, 5.74) is 4.95. The van der Waals surface area contributed by atoms with Crippen LogP contribution in [0, 0.1) is 0 Å². The third kappa shape index (κ3) is 2.36. The van der Waals surface area contributed by atoms with Gasteiger partial charge < -0.3 is 9.52 Å². The standard InChI is InChI=1S/C21H17N3O2/c25-19-12-14-6-1-2-7-15(14)21(19)24-13-18(22-23-24)16-8-3-4-9-17(16)20-10-5-11-26-20/h1-11,13,19,21,25H,12H2/t19-,21+/m0/s1. The lowest BCUT2D eigenvalue weighted by Gasteiger charge is -2.15. The molecule has 0 aliphatic heterocycles. The lowest BCUT2D eigenvalue weighted by Crippen LogP contribution is -2.21. The molecule has 0 unspecified atom stereocenters. The Morgan fingerprint density at radius 3 is 2.62 bits per heavy atom. The van der Waals surface area contributed by atoms with Crippen LogP contribution < -0.4 is 0 Å². The van der Waals surface area contributed by atoms with E-state index in [1.165, 1.54) is 0 Å². The largest absolute Gasteiger partial charge is 0.464 e. The minimum Gasteiger partial charge on any atom is -0.464 e. The van der Waals surface area contributed by atoms with Crippen molar-refractivity contribution in [1.29, 1.82) is 0 Å². The van der Waals surface area contributed by atoms with E-state index in [4.69, 9.17) is 4.42 Å². The molecule has 0 bridgehead atoms. The van der Waals surface area contributed by atoms with E-state index >= 15 is 0 Å². The summed E-state index contributed by atoms with van der Waals surface area (Å²) in [6.07, 6.45) is 3.70. The predicted molar refractivity (Wildman–Crippen MR) is 97.5 cm³/mol. The molecular weight excluding hydrogens is 326 g/mol. The molecule has 5 heteroatoms. The van der Waals surface area contributed by atoms with E-state index in [-0.39, 0.29) is 6.04 Å². The minimum absolute atomic E-state index is 0.205. The van der Waals surface area contributed by atoms with E-state index in [0.29, 0.717) is 6.42 Å². The summed E-state index contributed by atoms with van der Waals surface area (Å²) in [4.78, 5) is 0. The van der Waals surface area contributed by atoms with Crippen LogP contribution in [0.15, 0.2) is 77.5 Å². The molecule has 5 nitrogen and oxygen atoms in total. The second-order valence-electron chi connectivity index (χ2n) is 6.52. The van der Waals surface area contributed by atoms with Gasteiger partial charge in [-0.2, -0.15) is 0 Å². The predicted octanol–water partition coefficient (Wildman–Crippen LogP) is 3.71. The molecule has 5 rings (SSSR count). The normalized spacial score (nSPS) is 18.8. The molecule has 1 N–H and O–H groups in total. The molecule has 2 aromatic heterocycles. The van der Waals surface area contributed by atoms with E-state index in [9.17, 15) is 5.11 Å². The molecular formula is C21H17N3O2. The zero-order chi connectivity index (χ0) is 17.5. The number of hydrogen-bond donors (Lipinski definition) is 1. The second kappa shape index (κ2) is 5.97. The molecule has 128 valence electrons. The molecule has 2 aromatic carbocycles. The number of aliphatic hydroxyl groups is 1. The van der Waals surface area contributed by atoms with Crippen LogP contribution in [0.2, 0.25) is 0 Å². The number of fused-ring (bicyclic) bond motifs is 1. The summed E-state index contributed by atoms with van der Waals surface area (Å²) in [7, 11) is 0. The Labute approximate surface area is 150 Å². The number of nitrogens with zero attached hydrogens (tertiary/aromatic N) is 3. The van der Waals surface area contributed by atoms with Crippen LogP contribution in [-0.2, 0) is 6.42 Å². The molecule has 0 radical (unpaired) electrons. The maximum atomic E-state index is 10.5. The van der Waals surface area contributed by atoms with Gasteiger partial charge in [0, 0.05) is 17.5 Å². The molecule has 1 aliphatic rings. The van der Waals surface area contributed by atoms with Crippen LogP contribution in [-0.4, -0.2) is 26.2 Å². The van der Waals surface area contributed by atoms with Gasteiger partial charge in [0.1, 0.15) is 17.5 Å². The average molecular weight is 343 g/mol. The molecule has 0 saturated carbocycles. The Morgan fingerprint density at radius 2 is 1.77 bits per heavy atom. The van der Waals surface area contributed by atoms with Gasteiger partial charge in [0.05, 0.1) is 18.6 Å². The topological polar surface area (TPSA) is 64.1 Å². The summed E-state index contributed by atoms with van der Waals surface area (Å²) in [5.74, 6) is 0.793. The fraction of sp³-hybridized carbons (Fsp3) is 0.143. The van der Waals surface area contributed by atoms with E-state index in [1.54, 1.807) is 10.9 Å². The van der Waals surface area contributed by atoms with Crippen LogP contribution in [0.1, 0.15) is 17.2 Å². The van der Waals surface area contributed by atoms with Gasteiger partial charge in [0.2, 0.25) is 0 Å². The summed E-state index contributed by atoms with van der Waals surface area (Å²) in [6, 6.07) is 19.7. The molecule has 1 aliphatic carbocycles. The molecule has 2 atom stereocenters. The molecule has 0 amide bonds. The smallest absolute Gasteiger partial charge is 0.134 e. The molecule has 26 heavy (non-hydrogen) atoms. The van der Waals surface area contributed by atoms with Crippen LogP contribution in [0.5, 0.6) is 0 Å². The maximum Gasteiger partial charge on any atom is 0.134 e. The summed E-state index contributed by atoms with van der Waals surface area (Å²) >= 11 is 0. The highest BCUT2D eigenvalue weighted by atomic mass is 16.3. The molecule has 2 heterocycles. The summed E-state index contributed by atoms with van der Waals surface area (Å²) in [6.45, 7) is 0. The van der Waals surface area contributed by atoms with Crippen molar-refractivity contribution < 1.29 is 9.52 Å². The lowest BCUT2D eigenvalue weighted by atomic mass is 10.0. The molecule has 4 aromatic rings.